The maximum atomic E-state index is 12.5. The van der Waals surface area contributed by atoms with Gasteiger partial charge in [-0.25, -0.2) is 0 Å². The normalized spacial score (nSPS) is 10.7. The van der Waals surface area contributed by atoms with Crippen LogP contribution in [0.4, 0.5) is 5.69 Å². The number of furan rings is 1. The maximum absolute atomic E-state index is 12.5. The Kier molecular flexibility index (Phi) is 6.23. The fraction of sp³-hybridized carbons (Fsp3) is 0.136. The van der Waals surface area contributed by atoms with Crippen LogP contribution in [-0.4, -0.2) is 37.2 Å². The molecule has 0 saturated heterocycles. The van der Waals surface area contributed by atoms with Gasteiger partial charge in [0.05, 0.1) is 18.6 Å². The van der Waals surface area contributed by atoms with Crippen LogP contribution in [0.3, 0.4) is 0 Å². The number of hydrogen-bond donors (Lipinski definition) is 1. The number of nitrogens with one attached hydrogen (secondary N) is 1. The zero-order chi connectivity index (χ0) is 21.6. The highest BCUT2D eigenvalue weighted by atomic mass is 32.2. The van der Waals surface area contributed by atoms with E-state index < -0.39 is 0 Å². The zero-order valence-electron chi connectivity index (χ0n) is 16.7. The van der Waals surface area contributed by atoms with Crippen molar-refractivity contribution in [2.24, 2.45) is 0 Å². The number of carbonyl (C=O) groups is 2. The second kappa shape index (κ2) is 9.40. The van der Waals surface area contributed by atoms with E-state index in [0.717, 1.165) is 11.3 Å². The Morgan fingerprint density at radius 3 is 2.77 bits per heavy atom. The Hall–Kier alpha value is -3.72. The Morgan fingerprint density at radius 1 is 1.13 bits per heavy atom. The molecule has 4 rings (SSSR count). The molecule has 0 saturated carbocycles. The molecular weight excluding hydrogens is 414 g/mol. The summed E-state index contributed by atoms with van der Waals surface area (Å²) in [5, 5.41) is 12.0. The molecule has 0 aliphatic rings. The number of rotatable bonds is 8. The molecule has 0 bridgehead atoms. The second-order valence-electron chi connectivity index (χ2n) is 6.69. The number of Topliss-reactive ketones (excluding diaryl/α,β-unsaturated/α-hetero) is 1. The van der Waals surface area contributed by atoms with E-state index in [9.17, 15) is 9.59 Å². The van der Waals surface area contributed by atoms with Crippen LogP contribution >= 0.6 is 11.8 Å². The first-order valence-electron chi connectivity index (χ1n) is 9.50. The van der Waals surface area contributed by atoms with Gasteiger partial charge in [0.25, 0.3) is 0 Å². The molecule has 0 unspecified atom stereocenters. The number of carbonyl (C=O) groups excluding carboxylic acids is 2. The SMILES string of the molecule is CC(=O)c1cccc(NC(=O)CSc2nnc(-c3cccnc3)n2Cc2ccco2)c1. The Balaban J connectivity index is 1.50. The van der Waals surface area contributed by atoms with Crippen molar-refractivity contribution in [2.45, 2.75) is 18.6 Å². The molecule has 1 aromatic carbocycles. The van der Waals surface area contributed by atoms with Crippen molar-refractivity contribution in [3.05, 3.63) is 78.5 Å². The molecule has 0 radical (unpaired) electrons. The predicted molar refractivity (Wildman–Crippen MR) is 117 cm³/mol. The number of hydrogen-bond acceptors (Lipinski definition) is 7. The number of ketones is 1. The van der Waals surface area contributed by atoms with Gasteiger partial charge in [-0.05, 0) is 43.3 Å². The second-order valence-corrected chi connectivity index (χ2v) is 7.63. The monoisotopic (exact) mass is 433 g/mol. The fourth-order valence-electron chi connectivity index (χ4n) is 2.95. The summed E-state index contributed by atoms with van der Waals surface area (Å²) in [7, 11) is 0. The van der Waals surface area contributed by atoms with Crippen molar-refractivity contribution in [1.82, 2.24) is 19.7 Å². The van der Waals surface area contributed by atoms with Gasteiger partial charge in [0.2, 0.25) is 5.91 Å². The van der Waals surface area contributed by atoms with Gasteiger partial charge in [-0.1, -0.05) is 23.9 Å². The summed E-state index contributed by atoms with van der Waals surface area (Å²) in [4.78, 5) is 28.2. The zero-order valence-corrected chi connectivity index (χ0v) is 17.5. The number of anilines is 1. The van der Waals surface area contributed by atoms with Crippen LogP contribution in [0, 0.1) is 0 Å². The maximum Gasteiger partial charge on any atom is 0.234 e. The first-order chi connectivity index (χ1) is 15.1. The number of benzene rings is 1. The minimum atomic E-state index is -0.207. The van der Waals surface area contributed by atoms with Crippen LogP contribution in [0.1, 0.15) is 23.0 Å². The largest absolute Gasteiger partial charge is 0.467 e. The van der Waals surface area contributed by atoms with Crippen LogP contribution in [0.5, 0.6) is 0 Å². The third-order valence-electron chi connectivity index (χ3n) is 4.42. The van der Waals surface area contributed by atoms with E-state index in [1.165, 1.54) is 18.7 Å². The lowest BCUT2D eigenvalue weighted by molar-refractivity contribution is -0.113. The van der Waals surface area contributed by atoms with Crippen molar-refractivity contribution >= 4 is 29.1 Å². The molecule has 1 amide bonds. The first kappa shape index (κ1) is 20.5. The molecule has 0 atom stereocenters. The van der Waals surface area contributed by atoms with Gasteiger partial charge in [0.15, 0.2) is 16.8 Å². The molecule has 0 aliphatic heterocycles. The van der Waals surface area contributed by atoms with E-state index in [2.05, 4.69) is 20.5 Å². The lowest BCUT2D eigenvalue weighted by Crippen LogP contribution is -2.15. The minimum Gasteiger partial charge on any atom is -0.467 e. The van der Waals surface area contributed by atoms with Crippen LogP contribution in [0.15, 0.2) is 76.8 Å². The van der Waals surface area contributed by atoms with Gasteiger partial charge >= 0.3 is 0 Å². The van der Waals surface area contributed by atoms with Crippen LogP contribution < -0.4 is 5.32 Å². The molecule has 0 fully saturated rings. The molecule has 9 heteroatoms. The smallest absolute Gasteiger partial charge is 0.234 e. The van der Waals surface area contributed by atoms with Crippen LogP contribution in [0.25, 0.3) is 11.4 Å². The molecule has 0 spiro atoms. The predicted octanol–water partition coefficient (Wildman–Crippen LogP) is 3.91. The van der Waals surface area contributed by atoms with Crippen LogP contribution in [0.2, 0.25) is 0 Å². The van der Waals surface area contributed by atoms with E-state index in [0.29, 0.717) is 28.8 Å². The van der Waals surface area contributed by atoms with E-state index in [-0.39, 0.29) is 17.4 Å². The highest BCUT2D eigenvalue weighted by Gasteiger charge is 2.17. The summed E-state index contributed by atoms with van der Waals surface area (Å²) in [6.45, 7) is 1.91. The summed E-state index contributed by atoms with van der Waals surface area (Å²) in [5.74, 6) is 1.26. The van der Waals surface area contributed by atoms with Crippen molar-refractivity contribution in [1.29, 1.82) is 0 Å². The highest BCUT2D eigenvalue weighted by molar-refractivity contribution is 7.99. The third-order valence-corrected chi connectivity index (χ3v) is 5.38. The van der Waals surface area contributed by atoms with Crippen LogP contribution in [-0.2, 0) is 11.3 Å². The molecule has 3 aromatic heterocycles. The van der Waals surface area contributed by atoms with Gasteiger partial charge < -0.3 is 9.73 Å². The van der Waals surface area contributed by atoms with Crippen molar-refractivity contribution in [3.63, 3.8) is 0 Å². The molecule has 3 heterocycles. The van der Waals surface area contributed by atoms with Crippen molar-refractivity contribution < 1.29 is 14.0 Å². The van der Waals surface area contributed by atoms with Crippen molar-refractivity contribution in [2.75, 3.05) is 11.1 Å². The highest BCUT2D eigenvalue weighted by Crippen LogP contribution is 2.25. The molecule has 8 nitrogen and oxygen atoms in total. The molecule has 0 aliphatic carbocycles. The van der Waals surface area contributed by atoms with E-state index in [1.807, 2.05) is 28.8 Å². The average Bonchev–Trinajstić information content (AvgIpc) is 3.43. The van der Waals surface area contributed by atoms with Gasteiger partial charge in [-0.3, -0.25) is 19.1 Å². The summed E-state index contributed by atoms with van der Waals surface area (Å²) >= 11 is 1.27. The summed E-state index contributed by atoms with van der Waals surface area (Å²) in [5.41, 5.74) is 1.94. The Morgan fingerprint density at radius 2 is 2.03 bits per heavy atom. The fourth-order valence-corrected chi connectivity index (χ4v) is 3.69. The summed E-state index contributed by atoms with van der Waals surface area (Å²) in [6, 6.07) is 14.3. The van der Waals surface area contributed by atoms with Gasteiger partial charge in [0, 0.05) is 29.2 Å². The van der Waals surface area contributed by atoms with Crippen molar-refractivity contribution in [3.8, 4) is 11.4 Å². The minimum absolute atomic E-state index is 0.0561. The first-order valence-corrected chi connectivity index (χ1v) is 10.5. The Bertz CT molecular complexity index is 1190. The third kappa shape index (κ3) is 5.07. The molecular formula is C22H19N5O3S. The molecule has 156 valence electrons. The van der Waals surface area contributed by atoms with Gasteiger partial charge in [0.1, 0.15) is 5.76 Å². The molecule has 31 heavy (non-hydrogen) atoms. The van der Waals surface area contributed by atoms with E-state index in [4.69, 9.17) is 4.42 Å². The summed E-state index contributed by atoms with van der Waals surface area (Å²) < 4.78 is 7.37. The molecule has 1 N–H and O–H groups in total. The van der Waals surface area contributed by atoms with Gasteiger partial charge in [-0.2, -0.15) is 0 Å². The number of pyridine rings is 1. The standard InChI is InChI=1S/C22H19N5O3S/c1-15(28)16-5-2-7-18(11-16)24-20(29)14-31-22-26-25-21(17-6-3-9-23-12-17)27(22)13-19-8-4-10-30-19/h2-12H,13-14H2,1H3,(H,24,29). The van der Waals surface area contributed by atoms with Gasteiger partial charge in [-0.15, -0.1) is 10.2 Å². The number of thioether (sulfide) groups is 1. The number of amides is 1. The molecule has 4 aromatic rings. The van der Waals surface area contributed by atoms with E-state index >= 15 is 0 Å². The lowest BCUT2D eigenvalue weighted by atomic mass is 10.1. The summed E-state index contributed by atoms with van der Waals surface area (Å²) in [6.07, 6.45) is 5.02. The van der Waals surface area contributed by atoms with E-state index in [1.54, 1.807) is 42.9 Å². The number of aromatic nitrogens is 4. The Labute approximate surface area is 182 Å². The number of nitrogens with zero attached hydrogens (tertiary/aromatic N) is 4. The average molecular weight is 433 g/mol. The quantitative estimate of drug-likeness (QED) is 0.332. The topological polar surface area (TPSA) is 103 Å². The lowest BCUT2D eigenvalue weighted by Gasteiger charge is -2.09.